The first-order chi connectivity index (χ1) is 10.1. The van der Waals surface area contributed by atoms with Crippen LogP contribution in [0.25, 0.3) is 11.0 Å². The Labute approximate surface area is 123 Å². The number of likely N-dealkylation sites (N-methyl/N-ethyl adjacent to an activating group) is 1. The Morgan fingerprint density at radius 3 is 2.86 bits per heavy atom. The van der Waals surface area contributed by atoms with Crippen LogP contribution in [0.2, 0.25) is 0 Å². The van der Waals surface area contributed by atoms with Crippen LogP contribution in [0, 0.1) is 0 Å². The summed E-state index contributed by atoms with van der Waals surface area (Å²) in [6.45, 7) is 1.82. The van der Waals surface area contributed by atoms with Gasteiger partial charge in [-0.15, -0.1) is 0 Å². The number of benzene rings is 1. The van der Waals surface area contributed by atoms with Crippen LogP contribution in [0.4, 0.5) is 5.95 Å². The van der Waals surface area contributed by atoms with Gasteiger partial charge in [-0.2, -0.15) is 0 Å². The molecule has 1 aliphatic heterocycles. The molecule has 0 saturated carbocycles. The van der Waals surface area contributed by atoms with E-state index < -0.39 is 6.10 Å². The highest BCUT2D eigenvalue weighted by atomic mass is 16.5. The second-order valence-electron chi connectivity index (χ2n) is 5.50. The lowest BCUT2D eigenvalue weighted by molar-refractivity contribution is -0.141. The molecule has 1 aromatic carbocycles. The number of carbonyl (C=O) groups excluding carboxylic acids is 1. The lowest BCUT2D eigenvalue weighted by Gasteiger charge is -2.33. The van der Waals surface area contributed by atoms with Crippen molar-refractivity contribution in [3.63, 3.8) is 0 Å². The van der Waals surface area contributed by atoms with Crippen molar-refractivity contribution in [2.75, 3.05) is 38.7 Å². The summed E-state index contributed by atoms with van der Waals surface area (Å²) in [6, 6.07) is 8.04. The van der Waals surface area contributed by atoms with Crippen LogP contribution in [-0.2, 0) is 16.6 Å². The van der Waals surface area contributed by atoms with Gasteiger partial charge >= 0.3 is 0 Å². The van der Waals surface area contributed by atoms with Gasteiger partial charge in [0.15, 0.2) is 6.10 Å². The van der Waals surface area contributed by atoms with Gasteiger partial charge in [-0.3, -0.25) is 4.79 Å². The third-order valence-corrected chi connectivity index (χ3v) is 3.83. The summed E-state index contributed by atoms with van der Waals surface area (Å²) in [5, 5.41) is 0. The summed E-state index contributed by atoms with van der Waals surface area (Å²) in [5.74, 6) is 0.884. The van der Waals surface area contributed by atoms with E-state index in [2.05, 4.69) is 20.5 Å². The van der Waals surface area contributed by atoms with Crippen LogP contribution >= 0.6 is 0 Å². The third-order valence-electron chi connectivity index (χ3n) is 3.83. The predicted molar refractivity (Wildman–Crippen MR) is 81.4 cm³/mol. The number of carbonyl (C=O) groups is 1. The van der Waals surface area contributed by atoms with Gasteiger partial charge < -0.3 is 19.1 Å². The SMILES string of the molecule is CN(C)C(=O)C1CN(c2nc3ccccc3n2C)CCO1. The monoisotopic (exact) mass is 288 g/mol. The van der Waals surface area contributed by atoms with E-state index >= 15 is 0 Å². The number of aromatic nitrogens is 2. The highest BCUT2D eigenvalue weighted by molar-refractivity contribution is 5.82. The number of para-hydroxylation sites is 2. The molecule has 2 heterocycles. The smallest absolute Gasteiger partial charge is 0.253 e. The lowest BCUT2D eigenvalue weighted by atomic mass is 10.2. The number of hydrogen-bond donors (Lipinski definition) is 0. The zero-order valence-electron chi connectivity index (χ0n) is 12.6. The second-order valence-corrected chi connectivity index (χ2v) is 5.50. The molecule has 0 bridgehead atoms. The summed E-state index contributed by atoms with van der Waals surface area (Å²) in [5.41, 5.74) is 2.06. The number of imidazole rings is 1. The quantitative estimate of drug-likeness (QED) is 0.823. The van der Waals surface area contributed by atoms with Crippen LogP contribution in [0.1, 0.15) is 0 Å². The van der Waals surface area contributed by atoms with E-state index in [0.717, 1.165) is 23.5 Å². The van der Waals surface area contributed by atoms with Crippen molar-refractivity contribution in [2.45, 2.75) is 6.10 Å². The Balaban J connectivity index is 1.88. The van der Waals surface area contributed by atoms with Gasteiger partial charge in [0.25, 0.3) is 5.91 Å². The van der Waals surface area contributed by atoms with Gasteiger partial charge in [0.05, 0.1) is 24.2 Å². The summed E-state index contributed by atoms with van der Waals surface area (Å²) in [7, 11) is 5.50. The molecule has 1 aromatic heterocycles. The van der Waals surface area contributed by atoms with Gasteiger partial charge in [-0.1, -0.05) is 12.1 Å². The molecule has 1 atom stereocenters. The Morgan fingerprint density at radius 1 is 1.38 bits per heavy atom. The molecule has 6 heteroatoms. The maximum Gasteiger partial charge on any atom is 0.253 e. The van der Waals surface area contributed by atoms with Crippen LogP contribution in [-0.4, -0.2) is 60.3 Å². The molecule has 1 aliphatic rings. The van der Waals surface area contributed by atoms with Crippen LogP contribution in [0.3, 0.4) is 0 Å². The van der Waals surface area contributed by atoms with Crippen LogP contribution < -0.4 is 4.90 Å². The average molecular weight is 288 g/mol. The van der Waals surface area contributed by atoms with E-state index in [1.807, 2.05) is 25.2 Å². The van der Waals surface area contributed by atoms with Crippen LogP contribution in [0.5, 0.6) is 0 Å². The van der Waals surface area contributed by atoms with E-state index in [4.69, 9.17) is 4.74 Å². The summed E-state index contributed by atoms with van der Waals surface area (Å²) >= 11 is 0. The molecular weight excluding hydrogens is 268 g/mol. The number of aryl methyl sites for hydroxylation is 1. The van der Waals surface area contributed by atoms with Crippen LogP contribution in [0.15, 0.2) is 24.3 Å². The largest absolute Gasteiger partial charge is 0.365 e. The van der Waals surface area contributed by atoms with Gasteiger partial charge in [0, 0.05) is 27.7 Å². The molecule has 1 saturated heterocycles. The number of fused-ring (bicyclic) bond motifs is 1. The van der Waals surface area contributed by atoms with E-state index in [1.165, 1.54) is 0 Å². The lowest BCUT2D eigenvalue weighted by Crippen LogP contribution is -2.50. The summed E-state index contributed by atoms with van der Waals surface area (Å²) in [6.07, 6.45) is -0.423. The third kappa shape index (κ3) is 2.47. The molecule has 2 aromatic rings. The zero-order valence-corrected chi connectivity index (χ0v) is 12.6. The predicted octanol–water partition coefficient (Wildman–Crippen LogP) is 0.867. The molecule has 1 amide bonds. The number of hydrogen-bond acceptors (Lipinski definition) is 4. The minimum Gasteiger partial charge on any atom is -0.365 e. The van der Waals surface area contributed by atoms with Crippen molar-refractivity contribution in [3.05, 3.63) is 24.3 Å². The molecule has 6 nitrogen and oxygen atoms in total. The molecule has 0 radical (unpaired) electrons. The molecule has 3 rings (SSSR count). The number of nitrogens with zero attached hydrogens (tertiary/aromatic N) is 4. The van der Waals surface area contributed by atoms with E-state index in [0.29, 0.717) is 13.2 Å². The minimum absolute atomic E-state index is 0.00142. The first kappa shape index (κ1) is 13.9. The first-order valence-electron chi connectivity index (χ1n) is 7.07. The highest BCUT2D eigenvalue weighted by Crippen LogP contribution is 2.22. The number of amides is 1. The molecule has 0 N–H and O–H groups in total. The molecule has 0 spiro atoms. The van der Waals surface area contributed by atoms with Gasteiger partial charge in [0.1, 0.15) is 0 Å². The number of ether oxygens (including phenoxy) is 1. The second kappa shape index (κ2) is 5.37. The minimum atomic E-state index is -0.423. The molecule has 112 valence electrons. The summed E-state index contributed by atoms with van der Waals surface area (Å²) in [4.78, 5) is 20.5. The van der Waals surface area contributed by atoms with Gasteiger partial charge in [0.2, 0.25) is 5.95 Å². The van der Waals surface area contributed by atoms with E-state index in [1.54, 1.807) is 19.0 Å². The Hall–Kier alpha value is -2.08. The van der Waals surface area contributed by atoms with E-state index in [9.17, 15) is 4.79 Å². The van der Waals surface area contributed by atoms with Crippen molar-refractivity contribution < 1.29 is 9.53 Å². The average Bonchev–Trinajstić information content (AvgIpc) is 2.84. The fourth-order valence-corrected chi connectivity index (χ4v) is 2.68. The van der Waals surface area contributed by atoms with Crippen molar-refractivity contribution >= 4 is 22.9 Å². The fraction of sp³-hybridized carbons (Fsp3) is 0.467. The topological polar surface area (TPSA) is 50.6 Å². The maximum absolute atomic E-state index is 12.1. The number of morpholine rings is 1. The Morgan fingerprint density at radius 2 is 2.14 bits per heavy atom. The van der Waals surface area contributed by atoms with Gasteiger partial charge in [-0.25, -0.2) is 4.98 Å². The summed E-state index contributed by atoms with van der Waals surface area (Å²) < 4.78 is 7.66. The molecule has 1 unspecified atom stereocenters. The Bertz CT molecular complexity index is 665. The maximum atomic E-state index is 12.1. The van der Waals surface area contributed by atoms with Gasteiger partial charge in [-0.05, 0) is 12.1 Å². The number of anilines is 1. The highest BCUT2D eigenvalue weighted by Gasteiger charge is 2.29. The zero-order chi connectivity index (χ0) is 15.0. The van der Waals surface area contributed by atoms with Crippen molar-refractivity contribution in [2.24, 2.45) is 7.05 Å². The molecule has 0 aliphatic carbocycles. The Kier molecular flexibility index (Phi) is 3.55. The fourth-order valence-electron chi connectivity index (χ4n) is 2.68. The van der Waals surface area contributed by atoms with Crippen molar-refractivity contribution in [1.82, 2.24) is 14.5 Å². The standard InChI is InChI=1S/C15H20N4O2/c1-17(2)14(20)13-10-19(8-9-21-13)15-16-11-6-4-5-7-12(11)18(15)3/h4-7,13H,8-10H2,1-3H3. The first-order valence-corrected chi connectivity index (χ1v) is 7.07. The number of rotatable bonds is 2. The molecule has 1 fully saturated rings. The van der Waals surface area contributed by atoms with E-state index in [-0.39, 0.29) is 5.91 Å². The molecular formula is C15H20N4O2. The normalized spacial score (nSPS) is 19.0. The molecule has 21 heavy (non-hydrogen) atoms. The van der Waals surface area contributed by atoms with Crippen molar-refractivity contribution in [1.29, 1.82) is 0 Å². The van der Waals surface area contributed by atoms with Crippen molar-refractivity contribution in [3.8, 4) is 0 Å².